The zero-order chi connectivity index (χ0) is 15.5. The highest BCUT2D eigenvalue weighted by atomic mass is 16.6. The molecule has 1 heterocycles. The van der Waals surface area contributed by atoms with Crippen LogP contribution in [0.3, 0.4) is 0 Å². The van der Waals surface area contributed by atoms with E-state index in [9.17, 15) is 4.79 Å². The fourth-order valence-corrected chi connectivity index (χ4v) is 2.42. The predicted molar refractivity (Wildman–Crippen MR) is 84.2 cm³/mol. The molecule has 1 aromatic rings. The quantitative estimate of drug-likeness (QED) is 0.630. The molecule has 0 amide bonds. The molecule has 110 valence electrons. The smallest absolute Gasteiger partial charge is 0.335 e. The third-order valence-electron chi connectivity index (χ3n) is 3.40. The molecule has 1 atom stereocenters. The molecule has 2 rings (SSSR count). The number of aliphatic imine (C=N–C) groups is 1. The van der Waals surface area contributed by atoms with Crippen molar-refractivity contribution in [3.63, 3.8) is 0 Å². The van der Waals surface area contributed by atoms with Crippen LogP contribution in [0, 0.1) is 12.3 Å². The summed E-state index contributed by atoms with van der Waals surface area (Å²) in [5.74, 6) is 2.26. The third-order valence-corrected chi connectivity index (χ3v) is 3.40. The van der Waals surface area contributed by atoms with Crippen LogP contribution in [-0.4, -0.2) is 22.8 Å². The van der Waals surface area contributed by atoms with Crippen LogP contribution in [0.25, 0.3) is 0 Å². The molecule has 1 aliphatic heterocycles. The minimum atomic E-state index is -0.923. The molecule has 3 heteroatoms. The normalized spacial score (nSPS) is 21.5. The van der Waals surface area contributed by atoms with Crippen molar-refractivity contribution in [1.82, 2.24) is 0 Å². The summed E-state index contributed by atoms with van der Waals surface area (Å²) >= 11 is 0. The first-order valence-corrected chi connectivity index (χ1v) is 7.17. The van der Waals surface area contributed by atoms with Crippen molar-refractivity contribution in [3.8, 4) is 12.3 Å². The van der Waals surface area contributed by atoms with E-state index in [1.54, 1.807) is 0 Å². The van der Waals surface area contributed by atoms with Gasteiger partial charge in [0.25, 0.3) is 0 Å². The van der Waals surface area contributed by atoms with Crippen molar-refractivity contribution in [2.24, 2.45) is 4.99 Å². The molecule has 3 nitrogen and oxygen atoms in total. The van der Waals surface area contributed by atoms with Gasteiger partial charge in [-0.3, -0.25) is 4.99 Å². The van der Waals surface area contributed by atoms with Crippen molar-refractivity contribution in [1.29, 1.82) is 0 Å². The summed E-state index contributed by atoms with van der Waals surface area (Å²) in [6, 6.07) is 9.89. The molecule has 1 aromatic carbocycles. The van der Waals surface area contributed by atoms with E-state index in [1.165, 1.54) is 0 Å². The van der Waals surface area contributed by atoms with E-state index in [0.717, 1.165) is 17.7 Å². The van der Waals surface area contributed by atoms with Gasteiger partial charge in [0.2, 0.25) is 0 Å². The number of esters is 1. The number of carbonyl (C=O) groups excluding carboxylic acids is 1. The van der Waals surface area contributed by atoms with Gasteiger partial charge in [0.05, 0.1) is 0 Å². The van der Waals surface area contributed by atoms with Crippen molar-refractivity contribution in [3.05, 3.63) is 35.9 Å². The van der Waals surface area contributed by atoms with Gasteiger partial charge in [-0.1, -0.05) is 30.3 Å². The summed E-state index contributed by atoms with van der Waals surface area (Å²) in [6.07, 6.45) is 7.08. The van der Waals surface area contributed by atoms with E-state index in [1.807, 2.05) is 51.1 Å². The first-order chi connectivity index (χ1) is 9.86. The van der Waals surface area contributed by atoms with Gasteiger partial charge in [0.15, 0.2) is 5.54 Å². The van der Waals surface area contributed by atoms with Gasteiger partial charge in [-0.15, -0.1) is 12.3 Å². The number of rotatable bonds is 3. The van der Waals surface area contributed by atoms with Crippen LogP contribution in [0.1, 0.15) is 45.6 Å². The second-order valence-corrected chi connectivity index (χ2v) is 6.34. The number of hydrogen-bond acceptors (Lipinski definition) is 3. The Morgan fingerprint density at radius 1 is 1.38 bits per heavy atom. The number of nitrogens with zero attached hydrogens (tertiary/aromatic N) is 1. The molecule has 0 radical (unpaired) electrons. The lowest BCUT2D eigenvalue weighted by atomic mass is 9.92. The van der Waals surface area contributed by atoms with Crippen LogP contribution in [0.5, 0.6) is 0 Å². The van der Waals surface area contributed by atoms with Crippen molar-refractivity contribution in [2.45, 2.75) is 51.2 Å². The summed E-state index contributed by atoms with van der Waals surface area (Å²) in [7, 11) is 0. The lowest BCUT2D eigenvalue weighted by molar-refractivity contribution is -0.161. The van der Waals surface area contributed by atoms with Gasteiger partial charge in [0, 0.05) is 12.1 Å². The zero-order valence-electron chi connectivity index (χ0n) is 12.8. The van der Waals surface area contributed by atoms with Crippen LogP contribution in [0.4, 0.5) is 0 Å². The minimum Gasteiger partial charge on any atom is -0.458 e. The van der Waals surface area contributed by atoms with Gasteiger partial charge >= 0.3 is 5.97 Å². The van der Waals surface area contributed by atoms with E-state index in [0.29, 0.717) is 6.42 Å². The van der Waals surface area contributed by atoms with E-state index >= 15 is 0 Å². The Morgan fingerprint density at radius 3 is 2.62 bits per heavy atom. The highest BCUT2D eigenvalue weighted by molar-refractivity contribution is 6.04. The number of ether oxygens (including phenoxy) is 1. The summed E-state index contributed by atoms with van der Waals surface area (Å²) in [6.45, 7) is 5.56. The molecule has 0 saturated carbocycles. The summed E-state index contributed by atoms with van der Waals surface area (Å²) in [4.78, 5) is 17.2. The third kappa shape index (κ3) is 3.52. The minimum absolute atomic E-state index is 0.276. The SMILES string of the molecule is C#CC[C@@]1(C(=O)OC(C)(C)C)CCC(c2ccccc2)=N1. The summed E-state index contributed by atoms with van der Waals surface area (Å²) in [5, 5.41) is 0. The molecule has 0 N–H and O–H groups in total. The predicted octanol–water partition coefficient (Wildman–Crippen LogP) is 3.37. The zero-order valence-corrected chi connectivity index (χ0v) is 12.8. The van der Waals surface area contributed by atoms with E-state index in [2.05, 4.69) is 10.9 Å². The van der Waals surface area contributed by atoms with Gasteiger partial charge in [-0.2, -0.15) is 0 Å². The second-order valence-electron chi connectivity index (χ2n) is 6.34. The maximum atomic E-state index is 12.5. The topological polar surface area (TPSA) is 38.7 Å². The molecular formula is C18H21NO2. The average Bonchev–Trinajstić information content (AvgIpc) is 2.84. The fraction of sp³-hybridized carbons (Fsp3) is 0.444. The van der Waals surface area contributed by atoms with Gasteiger partial charge in [-0.25, -0.2) is 4.79 Å². The fourth-order valence-electron chi connectivity index (χ4n) is 2.42. The molecule has 0 bridgehead atoms. The molecule has 0 aliphatic carbocycles. The van der Waals surface area contributed by atoms with Crippen LogP contribution in [-0.2, 0) is 9.53 Å². The molecule has 0 saturated heterocycles. The van der Waals surface area contributed by atoms with Crippen molar-refractivity contribution < 1.29 is 9.53 Å². The molecule has 0 aromatic heterocycles. The van der Waals surface area contributed by atoms with E-state index in [4.69, 9.17) is 11.2 Å². The van der Waals surface area contributed by atoms with Gasteiger partial charge < -0.3 is 4.74 Å². The van der Waals surface area contributed by atoms with Crippen LogP contribution in [0.2, 0.25) is 0 Å². The summed E-state index contributed by atoms with van der Waals surface area (Å²) in [5.41, 5.74) is 0.508. The van der Waals surface area contributed by atoms with Crippen molar-refractivity contribution in [2.75, 3.05) is 0 Å². The first-order valence-electron chi connectivity index (χ1n) is 7.17. The second kappa shape index (κ2) is 5.73. The largest absolute Gasteiger partial charge is 0.458 e. The maximum Gasteiger partial charge on any atom is 0.335 e. The number of benzene rings is 1. The van der Waals surface area contributed by atoms with E-state index in [-0.39, 0.29) is 12.4 Å². The molecule has 0 unspecified atom stereocenters. The summed E-state index contributed by atoms with van der Waals surface area (Å²) < 4.78 is 5.52. The highest BCUT2D eigenvalue weighted by Crippen LogP contribution is 2.33. The Balaban J connectivity index is 2.31. The average molecular weight is 283 g/mol. The Bertz CT molecular complexity index is 590. The Labute approximate surface area is 126 Å². The van der Waals surface area contributed by atoms with Crippen LogP contribution >= 0.6 is 0 Å². The Hall–Kier alpha value is -2.08. The Morgan fingerprint density at radius 2 is 2.05 bits per heavy atom. The number of hydrogen-bond donors (Lipinski definition) is 0. The van der Waals surface area contributed by atoms with Crippen LogP contribution in [0.15, 0.2) is 35.3 Å². The number of carbonyl (C=O) groups is 1. The molecule has 0 spiro atoms. The van der Waals surface area contributed by atoms with Crippen molar-refractivity contribution >= 4 is 11.7 Å². The Kier molecular flexibility index (Phi) is 4.18. The first kappa shape index (κ1) is 15.3. The van der Waals surface area contributed by atoms with Gasteiger partial charge in [0.1, 0.15) is 5.60 Å². The molecular weight excluding hydrogens is 262 g/mol. The molecule has 0 fully saturated rings. The standard InChI is InChI=1S/C18H21NO2/c1-5-12-18(16(20)21-17(2,3)4)13-11-15(19-18)14-9-7-6-8-10-14/h1,6-10H,11-13H2,2-4H3/t18-/m0/s1. The lowest BCUT2D eigenvalue weighted by Gasteiger charge is -2.27. The van der Waals surface area contributed by atoms with E-state index < -0.39 is 11.1 Å². The van der Waals surface area contributed by atoms with Gasteiger partial charge in [-0.05, 0) is 39.2 Å². The maximum absolute atomic E-state index is 12.5. The molecule has 21 heavy (non-hydrogen) atoms. The highest BCUT2D eigenvalue weighted by Gasteiger charge is 2.44. The monoisotopic (exact) mass is 283 g/mol. The lowest BCUT2D eigenvalue weighted by Crippen LogP contribution is -2.40. The van der Waals surface area contributed by atoms with Crippen LogP contribution < -0.4 is 0 Å². The number of terminal acetylenes is 1. The molecule has 1 aliphatic rings.